The Bertz CT molecular complexity index is 545. The van der Waals surface area contributed by atoms with Crippen LogP contribution in [0.25, 0.3) is 0 Å². The first-order valence-electron chi connectivity index (χ1n) is 7.65. The summed E-state index contributed by atoms with van der Waals surface area (Å²) in [5.74, 6) is 0.628. The van der Waals surface area contributed by atoms with E-state index >= 15 is 0 Å². The van der Waals surface area contributed by atoms with Gasteiger partial charge in [0.05, 0.1) is 0 Å². The van der Waals surface area contributed by atoms with Gasteiger partial charge in [-0.1, -0.05) is 61.8 Å². The summed E-state index contributed by atoms with van der Waals surface area (Å²) >= 11 is 5.94. The van der Waals surface area contributed by atoms with Crippen LogP contribution in [0.5, 0.6) is 0 Å². The molecule has 0 aliphatic rings. The van der Waals surface area contributed by atoms with E-state index in [2.05, 4.69) is 55.6 Å². The molecule has 0 aromatic heterocycles. The van der Waals surface area contributed by atoms with Gasteiger partial charge in [0.1, 0.15) is 0 Å². The zero-order valence-electron chi connectivity index (χ0n) is 13.1. The molecule has 0 saturated heterocycles. The van der Waals surface area contributed by atoms with Gasteiger partial charge in [0.15, 0.2) is 0 Å². The van der Waals surface area contributed by atoms with Crippen molar-refractivity contribution >= 4 is 11.6 Å². The predicted octanol–water partition coefficient (Wildman–Crippen LogP) is 5.36. The van der Waals surface area contributed by atoms with Crippen LogP contribution in [0, 0.1) is 0 Å². The molecule has 2 aromatic carbocycles. The van der Waals surface area contributed by atoms with Crippen molar-refractivity contribution in [1.29, 1.82) is 0 Å². The fourth-order valence-corrected chi connectivity index (χ4v) is 2.66. The standard InChI is InChI=1S/C19H24ClN/c1-4-14(2)16-7-9-17(10-8-16)19(21-3)13-15-5-11-18(20)12-6-15/h5-12,14,19,21H,4,13H2,1-3H3. The Labute approximate surface area is 133 Å². The lowest BCUT2D eigenvalue weighted by Gasteiger charge is -2.18. The first-order chi connectivity index (χ1) is 10.1. The summed E-state index contributed by atoms with van der Waals surface area (Å²) in [7, 11) is 2.02. The fraction of sp³-hybridized carbons (Fsp3) is 0.368. The first kappa shape index (κ1) is 16.1. The van der Waals surface area contributed by atoms with Gasteiger partial charge in [-0.3, -0.25) is 0 Å². The van der Waals surface area contributed by atoms with Gasteiger partial charge in [-0.15, -0.1) is 0 Å². The third-order valence-electron chi connectivity index (χ3n) is 4.22. The number of benzene rings is 2. The van der Waals surface area contributed by atoms with E-state index in [0.29, 0.717) is 12.0 Å². The molecule has 0 radical (unpaired) electrons. The topological polar surface area (TPSA) is 12.0 Å². The predicted molar refractivity (Wildman–Crippen MR) is 92.1 cm³/mol. The molecule has 2 heteroatoms. The number of hydrogen-bond donors (Lipinski definition) is 1. The van der Waals surface area contributed by atoms with Crippen molar-refractivity contribution in [3.8, 4) is 0 Å². The SMILES string of the molecule is CCC(C)c1ccc(C(Cc2ccc(Cl)cc2)NC)cc1. The van der Waals surface area contributed by atoms with Crippen molar-refractivity contribution in [2.45, 2.75) is 38.6 Å². The summed E-state index contributed by atoms with van der Waals surface area (Å²) < 4.78 is 0. The van der Waals surface area contributed by atoms with Crippen LogP contribution in [0.2, 0.25) is 5.02 Å². The van der Waals surface area contributed by atoms with E-state index < -0.39 is 0 Å². The monoisotopic (exact) mass is 301 g/mol. The summed E-state index contributed by atoms with van der Waals surface area (Å²) in [6.45, 7) is 4.51. The molecular formula is C19H24ClN. The molecule has 0 amide bonds. The van der Waals surface area contributed by atoms with Crippen molar-refractivity contribution in [2.75, 3.05) is 7.05 Å². The van der Waals surface area contributed by atoms with E-state index in [4.69, 9.17) is 11.6 Å². The van der Waals surface area contributed by atoms with Crippen LogP contribution < -0.4 is 5.32 Å². The summed E-state index contributed by atoms with van der Waals surface area (Å²) in [6, 6.07) is 17.4. The Morgan fingerprint density at radius 3 is 2.05 bits per heavy atom. The van der Waals surface area contributed by atoms with Crippen LogP contribution in [-0.2, 0) is 6.42 Å². The Morgan fingerprint density at radius 2 is 1.52 bits per heavy atom. The number of nitrogens with one attached hydrogen (secondary N) is 1. The van der Waals surface area contributed by atoms with Crippen LogP contribution in [-0.4, -0.2) is 7.05 Å². The van der Waals surface area contributed by atoms with Gasteiger partial charge in [0.25, 0.3) is 0 Å². The smallest absolute Gasteiger partial charge is 0.0406 e. The van der Waals surface area contributed by atoms with Crippen LogP contribution in [0.4, 0.5) is 0 Å². The lowest BCUT2D eigenvalue weighted by molar-refractivity contribution is 0.591. The van der Waals surface area contributed by atoms with Crippen molar-refractivity contribution in [3.05, 3.63) is 70.2 Å². The van der Waals surface area contributed by atoms with E-state index in [0.717, 1.165) is 11.4 Å². The van der Waals surface area contributed by atoms with Gasteiger partial charge in [-0.2, -0.15) is 0 Å². The van der Waals surface area contributed by atoms with E-state index in [1.807, 2.05) is 19.2 Å². The highest BCUT2D eigenvalue weighted by atomic mass is 35.5. The van der Waals surface area contributed by atoms with Crippen molar-refractivity contribution < 1.29 is 0 Å². The second-order valence-electron chi connectivity index (χ2n) is 5.65. The molecule has 0 heterocycles. The summed E-state index contributed by atoms with van der Waals surface area (Å²) in [5.41, 5.74) is 4.05. The largest absolute Gasteiger partial charge is 0.313 e. The molecule has 2 unspecified atom stereocenters. The molecule has 21 heavy (non-hydrogen) atoms. The van der Waals surface area contributed by atoms with Gasteiger partial charge in [0, 0.05) is 11.1 Å². The highest BCUT2D eigenvalue weighted by molar-refractivity contribution is 6.30. The zero-order chi connectivity index (χ0) is 15.2. The van der Waals surface area contributed by atoms with E-state index in [-0.39, 0.29) is 0 Å². The van der Waals surface area contributed by atoms with E-state index in [1.165, 1.54) is 23.1 Å². The molecule has 0 fully saturated rings. The van der Waals surface area contributed by atoms with Crippen molar-refractivity contribution in [3.63, 3.8) is 0 Å². The molecule has 112 valence electrons. The van der Waals surface area contributed by atoms with Gasteiger partial charge in [-0.05, 0) is 54.6 Å². The average molecular weight is 302 g/mol. The molecule has 0 spiro atoms. The molecule has 2 rings (SSSR count). The van der Waals surface area contributed by atoms with E-state index in [9.17, 15) is 0 Å². The number of rotatable bonds is 6. The van der Waals surface area contributed by atoms with Gasteiger partial charge in [0.2, 0.25) is 0 Å². The van der Waals surface area contributed by atoms with Crippen molar-refractivity contribution in [2.24, 2.45) is 0 Å². The van der Waals surface area contributed by atoms with E-state index in [1.54, 1.807) is 0 Å². The molecule has 0 bridgehead atoms. The van der Waals surface area contributed by atoms with Crippen LogP contribution in [0.1, 0.15) is 48.9 Å². The van der Waals surface area contributed by atoms with Gasteiger partial charge < -0.3 is 5.32 Å². The third kappa shape index (κ3) is 4.33. The highest BCUT2D eigenvalue weighted by Crippen LogP contribution is 2.23. The van der Waals surface area contributed by atoms with Gasteiger partial charge in [-0.25, -0.2) is 0 Å². The second kappa shape index (κ2) is 7.63. The third-order valence-corrected chi connectivity index (χ3v) is 4.47. The lowest BCUT2D eigenvalue weighted by Crippen LogP contribution is -2.18. The molecule has 1 N–H and O–H groups in total. The second-order valence-corrected chi connectivity index (χ2v) is 6.08. The minimum Gasteiger partial charge on any atom is -0.313 e. The zero-order valence-corrected chi connectivity index (χ0v) is 13.8. The molecule has 2 aromatic rings. The molecule has 2 atom stereocenters. The Morgan fingerprint density at radius 1 is 0.952 bits per heavy atom. The summed E-state index contributed by atoms with van der Waals surface area (Å²) in [6.07, 6.45) is 2.15. The lowest BCUT2D eigenvalue weighted by atomic mass is 9.94. The minimum absolute atomic E-state index is 0.331. The first-order valence-corrected chi connectivity index (χ1v) is 8.03. The normalized spacial score (nSPS) is 13.9. The van der Waals surface area contributed by atoms with Gasteiger partial charge >= 0.3 is 0 Å². The fourth-order valence-electron chi connectivity index (χ4n) is 2.54. The Kier molecular flexibility index (Phi) is 5.84. The maximum Gasteiger partial charge on any atom is 0.0406 e. The number of likely N-dealkylation sites (N-methyl/N-ethyl adjacent to an activating group) is 1. The van der Waals surface area contributed by atoms with Crippen molar-refractivity contribution in [1.82, 2.24) is 5.32 Å². The number of halogens is 1. The maximum atomic E-state index is 5.94. The molecule has 0 saturated carbocycles. The Balaban J connectivity index is 2.11. The summed E-state index contributed by atoms with van der Waals surface area (Å²) in [5, 5.41) is 4.20. The highest BCUT2D eigenvalue weighted by Gasteiger charge is 2.11. The molecular weight excluding hydrogens is 278 g/mol. The average Bonchev–Trinajstić information content (AvgIpc) is 2.54. The van der Waals surface area contributed by atoms with Crippen LogP contribution >= 0.6 is 11.6 Å². The quantitative estimate of drug-likeness (QED) is 0.757. The molecule has 0 aliphatic heterocycles. The Hall–Kier alpha value is -1.31. The van der Waals surface area contributed by atoms with Crippen LogP contribution in [0.15, 0.2) is 48.5 Å². The van der Waals surface area contributed by atoms with Crippen LogP contribution in [0.3, 0.4) is 0 Å². The summed E-state index contributed by atoms with van der Waals surface area (Å²) in [4.78, 5) is 0. The minimum atomic E-state index is 0.331. The number of hydrogen-bond acceptors (Lipinski definition) is 1. The maximum absolute atomic E-state index is 5.94. The molecule has 1 nitrogen and oxygen atoms in total. The molecule has 0 aliphatic carbocycles.